The fraction of sp³-hybridized carbons (Fsp3) is 0.484. The molecule has 0 bridgehead atoms. The molecular formula is C31H40F2N10O12S2. The summed E-state index contributed by atoms with van der Waals surface area (Å²) in [6, 6.07) is -7.85. The molecule has 1 aromatic carbocycles. The van der Waals surface area contributed by atoms with Crippen LogP contribution in [0.3, 0.4) is 0 Å². The third-order valence-electron chi connectivity index (χ3n) is 8.14. The molecule has 26 heteroatoms. The van der Waals surface area contributed by atoms with Gasteiger partial charge in [0.2, 0.25) is 53.2 Å². The number of carboxylic acids is 1. The predicted molar refractivity (Wildman–Crippen MR) is 193 cm³/mol. The van der Waals surface area contributed by atoms with Crippen molar-refractivity contribution in [1.29, 1.82) is 0 Å². The van der Waals surface area contributed by atoms with Gasteiger partial charge in [0, 0.05) is 30.5 Å². The van der Waals surface area contributed by atoms with Gasteiger partial charge in [-0.1, -0.05) is 21.6 Å². The van der Waals surface area contributed by atoms with E-state index < -0.39 is 151 Å². The molecule has 0 aromatic heterocycles. The number of fused-ring (bicyclic) bond motifs is 1. The van der Waals surface area contributed by atoms with Gasteiger partial charge in [-0.05, 0) is 17.7 Å². The van der Waals surface area contributed by atoms with Crippen molar-refractivity contribution >= 4 is 80.7 Å². The maximum Gasteiger partial charge on any atom is 0.305 e. The zero-order valence-electron chi connectivity index (χ0n) is 29.7. The van der Waals surface area contributed by atoms with Crippen LogP contribution in [0.4, 0.5) is 8.78 Å². The van der Waals surface area contributed by atoms with Crippen LogP contribution in [0, 0.1) is 11.6 Å². The van der Waals surface area contributed by atoms with Gasteiger partial charge in [0.25, 0.3) is 0 Å². The molecular weight excluding hydrogens is 807 g/mol. The van der Waals surface area contributed by atoms with E-state index in [1.165, 1.54) is 0 Å². The lowest BCUT2D eigenvalue weighted by Crippen LogP contribution is -2.57. The molecule has 0 saturated carbocycles. The Morgan fingerprint density at radius 2 is 1.37 bits per heavy atom. The lowest BCUT2D eigenvalue weighted by molar-refractivity contribution is -0.141. The van der Waals surface area contributed by atoms with E-state index in [0.717, 1.165) is 26.5 Å². The normalized spacial score (nSPS) is 26.8. The quantitative estimate of drug-likeness (QED) is 0.119. The molecule has 3 rings (SSSR count). The van der Waals surface area contributed by atoms with E-state index in [1.807, 2.05) is 0 Å². The molecule has 14 N–H and O–H groups in total. The number of aliphatic hydroxyl groups is 1. The van der Waals surface area contributed by atoms with Crippen molar-refractivity contribution in [3.05, 3.63) is 35.4 Å². The van der Waals surface area contributed by atoms with Crippen LogP contribution in [0.1, 0.15) is 30.9 Å². The zero-order chi connectivity index (χ0) is 42.6. The number of aliphatic hydroxyl groups excluding tert-OH is 1. The number of hydrogen-bond acceptors (Lipinski definition) is 14. The topological polar surface area (TPSA) is 365 Å². The molecule has 0 unspecified atom stereocenters. The highest BCUT2D eigenvalue weighted by molar-refractivity contribution is 8.76. The van der Waals surface area contributed by atoms with E-state index in [1.54, 1.807) is 0 Å². The molecule has 312 valence electrons. The number of carboxylic acid groups (broad SMARTS) is 1. The Labute approximate surface area is 329 Å². The van der Waals surface area contributed by atoms with Gasteiger partial charge in [0.15, 0.2) is 0 Å². The highest BCUT2D eigenvalue weighted by Gasteiger charge is 2.41. The smallest absolute Gasteiger partial charge is 0.305 e. The van der Waals surface area contributed by atoms with Crippen LogP contribution in [0.5, 0.6) is 0 Å². The van der Waals surface area contributed by atoms with Crippen LogP contribution in [-0.2, 0) is 47.9 Å². The Balaban J connectivity index is 1.95. The second-order valence-corrected chi connectivity index (χ2v) is 15.2. The number of amides is 9. The van der Waals surface area contributed by atoms with Crippen molar-refractivity contribution in [2.24, 2.45) is 17.2 Å². The second-order valence-electron chi connectivity index (χ2n) is 12.6. The van der Waals surface area contributed by atoms with Crippen molar-refractivity contribution in [2.75, 3.05) is 31.1 Å². The summed E-state index contributed by atoms with van der Waals surface area (Å²) < 4.78 is 28.4. The largest absolute Gasteiger partial charge is 0.481 e. The number of nitrogens with one attached hydrogen (secondary N) is 6. The molecule has 1 aromatic rings. The number of rotatable bonds is 6. The van der Waals surface area contributed by atoms with E-state index in [4.69, 9.17) is 17.2 Å². The molecule has 2 fully saturated rings. The number of benzene rings is 1. The first-order valence-corrected chi connectivity index (χ1v) is 19.2. The van der Waals surface area contributed by atoms with Gasteiger partial charge in [-0.25, -0.2) is 8.78 Å². The minimum Gasteiger partial charge on any atom is -0.481 e. The fourth-order valence-corrected chi connectivity index (χ4v) is 7.67. The Hall–Kier alpha value is -5.60. The average Bonchev–Trinajstić information content (AvgIpc) is 3.52. The Morgan fingerprint density at radius 1 is 0.772 bits per heavy atom. The van der Waals surface area contributed by atoms with Gasteiger partial charge >= 0.3 is 5.97 Å². The molecule has 2 aliphatic heterocycles. The number of carbonyl (C=O) groups excluding carboxylic acids is 9. The number of carbonyl (C=O) groups is 10. The number of primary amides is 2. The van der Waals surface area contributed by atoms with Crippen LogP contribution in [0.15, 0.2) is 18.2 Å². The number of nitrogens with zero attached hydrogens (tertiary/aromatic N) is 1. The van der Waals surface area contributed by atoms with E-state index in [9.17, 15) is 66.9 Å². The van der Waals surface area contributed by atoms with Crippen LogP contribution in [0.25, 0.3) is 0 Å². The van der Waals surface area contributed by atoms with Crippen molar-refractivity contribution in [3.8, 4) is 0 Å². The number of aliphatic carboxylic acids is 1. The summed E-state index contributed by atoms with van der Waals surface area (Å²) in [6.45, 7) is -2.32. The minimum absolute atomic E-state index is 0.202. The van der Waals surface area contributed by atoms with E-state index in [0.29, 0.717) is 18.2 Å². The molecule has 57 heavy (non-hydrogen) atoms. The van der Waals surface area contributed by atoms with Gasteiger partial charge in [-0.3, -0.25) is 47.9 Å². The first-order valence-electron chi connectivity index (χ1n) is 16.7. The monoisotopic (exact) mass is 846 g/mol. The van der Waals surface area contributed by atoms with Gasteiger partial charge in [0.1, 0.15) is 41.8 Å². The van der Waals surface area contributed by atoms with E-state index in [2.05, 4.69) is 31.9 Å². The standard InChI is InChI=1S/C31H40F2N10O12S2/c32-13-1-12(2-14(33)3-13)25-31(55)38-8-23(47)43-9-15(44)4-20(43)30(54)40-17(5-21(35)45)29(53)41-19(26(36)50)11-57-56-10-16(34)27(51)39-18(6-24(48)49)28(52)37-7-22(46)42-25/h1-3,15-20,25,44H,4-11,34H2,(H2,35,45)(H2,36,50)(H,37,52)(H,38,55)(H,39,51)(H,40,54)(H,41,53)(H,42,46)(H,48,49)/t15-,16-,17+,18-,19-,20+,25+/m1/s1. The predicted octanol–water partition coefficient (Wildman–Crippen LogP) is -5.67. The minimum atomic E-state index is -1.92. The van der Waals surface area contributed by atoms with Crippen molar-refractivity contribution < 1.29 is 66.9 Å². The Kier molecular flexibility index (Phi) is 16.9. The van der Waals surface area contributed by atoms with Gasteiger partial charge in [-0.15, -0.1) is 0 Å². The van der Waals surface area contributed by atoms with Crippen molar-refractivity contribution in [1.82, 2.24) is 36.8 Å². The molecule has 9 amide bonds. The summed E-state index contributed by atoms with van der Waals surface area (Å²) in [5.74, 6) is -14.1. The van der Waals surface area contributed by atoms with Gasteiger partial charge in [0.05, 0.1) is 38.1 Å². The summed E-state index contributed by atoms with van der Waals surface area (Å²) in [6.07, 6.45) is -3.40. The Morgan fingerprint density at radius 3 is 1.98 bits per heavy atom. The summed E-state index contributed by atoms with van der Waals surface area (Å²) >= 11 is 0. The third kappa shape index (κ3) is 14.1. The molecule has 2 aliphatic rings. The molecule has 0 spiro atoms. The third-order valence-corrected chi connectivity index (χ3v) is 10.6. The van der Waals surface area contributed by atoms with Gasteiger partial charge in [-0.2, -0.15) is 0 Å². The summed E-state index contributed by atoms with van der Waals surface area (Å²) in [7, 11) is 1.81. The Bertz CT molecular complexity index is 1760. The summed E-state index contributed by atoms with van der Waals surface area (Å²) in [5.41, 5.74) is 16.1. The number of nitrogens with two attached hydrogens (primary N) is 3. The van der Waals surface area contributed by atoms with E-state index in [-0.39, 0.29) is 17.9 Å². The zero-order valence-corrected chi connectivity index (χ0v) is 31.3. The molecule has 0 aliphatic carbocycles. The fourth-order valence-electron chi connectivity index (χ4n) is 5.37. The number of halogens is 2. The first-order chi connectivity index (χ1) is 26.7. The SMILES string of the molecule is NC(=O)C[C@@H]1NC(=O)[C@@H]2C[C@@H](O)CN2C(=O)CNC(=O)[C@H](c2cc(F)cc(F)c2)NC(=O)CNC(=O)[C@@H](CC(=O)O)NC(=O)[C@H](N)CSSC[C@H](C(N)=O)NC1=O. The van der Waals surface area contributed by atoms with Crippen LogP contribution in [-0.4, -0.2) is 142 Å². The first kappa shape index (κ1) is 45.8. The second kappa shape index (κ2) is 21.1. The maximum atomic E-state index is 14.2. The molecule has 22 nitrogen and oxygen atoms in total. The molecule has 7 atom stereocenters. The molecule has 2 heterocycles. The molecule has 2 saturated heterocycles. The van der Waals surface area contributed by atoms with Gasteiger partial charge < -0.3 is 64.2 Å². The van der Waals surface area contributed by atoms with Crippen LogP contribution < -0.4 is 49.1 Å². The molecule has 0 radical (unpaired) electrons. The highest BCUT2D eigenvalue weighted by Crippen LogP contribution is 2.23. The summed E-state index contributed by atoms with van der Waals surface area (Å²) in [5, 5.41) is 32.7. The van der Waals surface area contributed by atoms with Crippen LogP contribution >= 0.6 is 21.6 Å². The lowest BCUT2D eigenvalue weighted by atomic mass is 10.1. The van der Waals surface area contributed by atoms with Crippen molar-refractivity contribution in [2.45, 2.75) is 61.6 Å². The summed E-state index contributed by atoms with van der Waals surface area (Å²) in [4.78, 5) is 128. The highest BCUT2D eigenvalue weighted by atomic mass is 33.1. The number of hydrogen-bond donors (Lipinski definition) is 11. The average molecular weight is 847 g/mol. The van der Waals surface area contributed by atoms with Crippen molar-refractivity contribution in [3.63, 3.8) is 0 Å². The lowest BCUT2D eigenvalue weighted by Gasteiger charge is -2.27. The van der Waals surface area contributed by atoms with Crippen LogP contribution in [0.2, 0.25) is 0 Å². The van der Waals surface area contributed by atoms with E-state index >= 15 is 0 Å². The maximum absolute atomic E-state index is 14.2.